The quantitative estimate of drug-likeness (QED) is 0.250. The zero-order chi connectivity index (χ0) is 25.8. The van der Waals surface area contributed by atoms with Gasteiger partial charge in [-0.2, -0.15) is 17.6 Å². The van der Waals surface area contributed by atoms with Crippen molar-refractivity contribution in [1.82, 2.24) is 10.3 Å². The van der Waals surface area contributed by atoms with Crippen LogP contribution in [0.4, 0.5) is 28.9 Å². The van der Waals surface area contributed by atoms with E-state index in [4.69, 9.17) is 4.74 Å². The number of carbonyl (C=O) groups excluding carboxylic acids is 2. The summed E-state index contributed by atoms with van der Waals surface area (Å²) in [6.07, 6.45) is -3.08. The molecule has 1 saturated heterocycles. The SMILES string of the molecule is O=C(C[C@@]1(C(=O)NCc2ccc(Nc3ccccc3C(F)(F)F)cc2)CCOC1)c1ccc(F)nc1. The van der Waals surface area contributed by atoms with Crippen LogP contribution >= 0.6 is 0 Å². The molecule has 3 aromatic rings. The zero-order valence-electron chi connectivity index (χ0n) is 19.1. The molecule has 4 rings (SSSR count). The van der Waals surface area contributed by atoms with Gasteiger partial charge in [0.25, 0.3) is 0 Å². The van der Waals surface area contributed by atoms with Gasteiger partial charge in [0.2, 0.25) is 11.9 Å². The van der Waals surface area contributed by atoms with Gasteiger partial charge in [-0.1, -0.05) is 24.3 Å². The number of nitrogens with zero attached hydrogens (tertiary/aromatic N) is 1. The van der Waals surface area contributed by atoms with Crippen LogP contribution in [0.5, 0.6) is 0 Å². The molecule has 1 aliphatic rings. The van der Waals surface area contributed by atoms with Gasteiger partial charge in [-0.3, -0.25) is 9.59 Å². The molecule has 0 spiro atoms. The monoisotopic (exact) mass is 501 g/mol. The van der Waals surface area contributed by atoms with Gasteiger partial charge in [0.15, 0.2) is 5.78 Å². The third-order valence-corrected chi connectivity index (χ3v) is 6.05. The van der Waals surface area contributed by atoms with Crippen molar-refractivity contribution >= 4 is 23.1 Å². The zero-order valence-corrected chi connectivity index (χ0v) is 19.1. The first-order valence-electron chi connectivity index (χ1n) is 11.2. The van der Waals surface area contributed by atoms with E-state index in [2.05, 4.69) is 15.6 Å². The van der Waals surface area contributed by atoms with Crippen LogP contribution in [0.3, 0.4) is 0 Å². The summed E-state index contributed by atoms with van der Waals surface area (Å²) in [5, 5.41) is 5.60. The van der Waals surface area contributed by atoms with Crippen LogP contribution in [0.25, 0.3) is 0 Å². The minimum Gasteiger partial charge on any atom is -0.380 e. The number of para-hydroxylation sites is 1. The highest BCUT2D eigenvalue weighted by atomic mass is 19.4. The molecule has 188 valence electrons. The van der Waals surface area contributed by atoms with E-state index in [9.17, 15) is 27.2 Å². The van der Waals surface area contributed by atoms with Gasteiger partial charge < -0.3 is 15.4 Å². The molecule has 6 nitrogen and oxygen atoms in total. The second-order valence-electron chi connectivity index (χ2n) is 8.60. The minimum atomic E-state index is -4.48. The van der Waals surface area contributed by atoms with Gasteiger partial charge in [-0.25, -0.2) is 4.98 Å². The van der Waals surface area contributed by atoms with Crippen molar-refractivity contribution in [1.29, 1.82) is 0 Å². The summed E-state index contributed by atoms with van der Waals surface area (Å²) >= 11 is 0. The number of benzene rings is 2. The molecule has 1 fully saturated rings. The number of anilines is 2. The molecule has 0 unspecified atom stereocenters. The number of carbonyl (C=O) groups is 2. The maximum atomic E-state index is 13.2. The highest BCUT2D eigenvalue weighted by molar-refractivity contribution is 5.99. The van der Waals surface area contributed by atoms with E-state index in [-0.39, 0.29) is 42.5 Å². The molecule has 36 heavy (non-hydrogen) atoms. The topological polar surface area (TPSA) is 80.3 Å². The standard InChI is InChI=1S/C26H23F4N3O3/c27-23-10-7-18(15-31-23)22(34)13-25(11-12-36-16-25)24(35)32-14-17-5-8-19(9-6-17)33-21-4-2-1-3-20(21)26(28,29)30/h1-10,15,33H,11-14,16H2,(H,32,35)/t25-/m0/s1. The number of Topliss-reactive ketones (excluding diaryl/α,β-unsaturated/α-hetero) is 1. The number of ketones is 1. The normalized spacial score (nSPS) is 17.6. The molecular formula is C26H23F4N3O3. The summed E-state index contributed by atoms with van der Waals surface area (Å²) in [6.45, 7) is 0.578. The summed E-state index contributed by atoms with van der Waals surface area (Å²) in [5.41, 5.74) is -0.478. The Kier molecular flexibility index (Phi) is 7.35. The van der Waals surface area contributed by atoms with E-state index in [0.717, 1.165) is 23.9 Å². The first kappa shape index (κ1) is 25.3. The average molecular weight is 501 g/mol. The molecule has 2 heterocycles. The molecule has 1 aliphatic heterocycles. The van der Waals surface area contributed by atoms with Crippen LogP contribution < -0.4 is 10.6 Å². The summed E-state index contributed by atoms with van der Waals surface area (Å²) in [7, 11) is 0. The van der Waals surface area contributed by atoms with E-state index in [1.807, 2.05) is 0 Å². The van der Waals surface area contributed by atoms with Gasteiger partial charge in [0, 0.05) is 37.0 Å². The highest BCUT2D eigenvalue weighted by Gasteiger charge is 2.44. The van der Waals surface area contributed by atoms with Crippen LogP contribution in [0.15, 0.2) is 66.9 Å². The second kappa shape index (κ2) is 10.4. The van der Waals surface area contributed by atoms with Crippen LogP contribution in [0, 0.1) is 11.4 Å². The number of pyridine rings is 1. The fourth-order valence-corrected chi connectivity index (χ4v) is 4.03. The molecule has 0 saturated carbocycles. The Bertz CT molecular complexity index is 1220. The Morgan fingerprint density at radius 3 is 2.42 bits per heavy atom. The number of alkyl halides is 3. The van der Waals surface area contributed by atoms with Gasteiger partial charge in [-0.05, 0) is 48.4 Å². The van der Waals surface area contributed by atoms with Crippen LogP contribution in [0.2, 0.25) is 0 Å². The number of amides is 1. The number of aromatic nitrogens is 1. The Balaban J connectivity index is 1.38. The van der Waals surface area contributed by atoms with Crippen molar-refractivity contribution in [2.75, 3.05) is 18.5 Å². The third-order valence-electron chi connectivity index (χ3n) is 6.05. The predicted octanol–water partition coefficient (Wildman–Crippen LogP) is 5.28. The van der Waals surface area contributed by atoms with Gasteiger partial charge >= 0.3 is 6.18 Å². The number of halogens is 4. The van der Waals surface area contributed by atoms with E-state index < -0.39 is 23.1 Å². The molecule has 10 heteroatoms. The molecule has 0 bridgehead atoms. The predicted molar refractivity (Wildman–Crippen MR) is 124 cm³/mol. The summed E-state index contributed by atoms with van der Waals surface area (Å²) in [5.74, 6) is -1.38. The summed E-state index contributed by atoms with van der Waals surface area (Å²) in [4.78, 5) is 29.2. The fraction of sp³-hybridized carbons (Fsp3) is 0.269. The molecule has 1 aromatic heterocycles. The lowest BCUT2D eigenvalue weighted by molar-refractivity contribution is -0.137. The Labute approximate surface area is 204 Å². The third kappa shape index (κ3) is 5.88. The smallest absolute Gasteiger partial charge is 0.380 e. The van der Waals surface area contributed by atoms with Crippen LogP contribution in [-0.2, 0) is 22.3 Å². The maximum Gasteiger partial charge on any atom is 0.418 e. The second-order valence-corrected chi connectivity index (χ2v) is 8.60. The largest absolute Gasteiger partial charge is 0.418 e. The van der Waals surface area contributed by atoms with Gasteiger partial charge in [0.05, 0.1) is 23.3 Å². The average Bonchev–Trinajstić information content (AvgIpc) is 3.33. The lowest BCUT2D eigenvalue weighted by Gasteiger charge is -2.25. The first-order chi connectivity index (χ1) is 17.2. The van der Waals surface area contributed by atoms with E-state index in [1.54, 1.807) is 24.3 Å². The number of nitrogens with one attached hydrogen (secondary N) is 2. The summed E-state index contributed by atoms with van der Waals surface area (Å²) < 4.78 is 58.1. The van der Waals surface area contributed by atoms with Crippen LogP contribution in [0.1, 0.15) is 34.3 Å². The van der Waals surface area contributed by atoms with Crippen molar-refractivity contribution < 1.29 is 31.9 Å². The lowest BCUT2D eigenvalue weighted by Crippen LogP contribution is -2.42. The van der Waals surface area contributed by atoms with E-state index in [1.165, 1.54) is 24.3 Å². The number of hydrogen-bond acceptors (Lipinski definition) is 5. The van der Waals surface area contributed by atoms with Crippen molar-refractivity contribution in [2.24, 2.45) is 5.41 Å². The molecule has 1 atom stereocenters. The number of hydrogen-bond donors (Lipinski definition) is 2. The summed E-state index contributed by atoms with van der Waals surface area (Å²) in [6, 6.07) is 14.2. The molecule has 2 N–H and O–H groups in total. The molecule has 1 amide bonds. The van der Waals surface area contributed by atoms with Gasteiger partial charge in [-0.15, -0.1) is 0 Å². The maximum absolute atomic E-state index is 13.2. The van der Waals surface area contributed by atoms with E-state index in [0.29, 0.717) is 18.7 Å². The Morgan fingerprint density at radius 1 is 1.03 bits per heavy atom. The Hall–Kier alpha value is -3.79. The van der Waals surface area contributed by atoms with Crippen molar-refractivity contribution in [2.45, 2.75) is 25.6 Å². The van der Waals surface area contributed by atoms with Gasteiger partial charge in [0.1, 0.15) is 0 Å². The first-order valence-corrected chi connectivity index (χ1v) is 11.2. The van der Waals surface area contributed by atoms with Crippen molar-refractivity contribution in [3.63, 3.8) is 0 Å². The minimum absolute atomic E-state index is 0.0600. The molecule has 2 aromatic carbocycles. The number of ether oxygens (including phenoxy) is 1. The molecule has 0 aliphatic carbocycles. The van der Waals surface area contributed by atoms with E-state index >= 15 is 0 Å². The molecule has 0 radical (unpaired) electrons. The van der Waals surface area contributed by atoms with Crippen LogP contribution in [-0.4, -0.2) is 29.9 Å². The van der Waals surface area contributed by atoms with Crippen molar-refractivity contribution in [3.8, 4) is 0 Å². The van der Waals surface area contributed by atoms with Crippen molar-refractivity contribution in [3.05, 3.63) is 89.5 Å². The Morgan fingerprint density at radius 2 is 1.78 bits per heavy atom. The fourth-order valence-electron chi connectivity index (χ4n) is 4.03. The number of rotatable bonds is 8. The lowest BCUT2D eigenvalue weighted by atomic mass is 9.80. The highest BCUT2D eigenvalue weighted by Crippen LogP contribution is 2.36. The molecular weight excluding hydrogens is 478 g/mol.